The number of rotatable bonds is 6. The predicted molar refractivity (Wildman–Crippen MR) is 109 cm³/mol. The van der Waals surface area contributed by atoms with Gasteiger partial charge in [-0.15, -0.1) is 0 Å². The SMILES string of the molecule is CCn1nc(C)c(S(=O)(=O)Nc2ccccc2NC2CCN(C)CC2)c1C. The quantitative estimate of drug-likeness (QED) is 0.792. The molecule has 0 atom stereocenters. The standard InChI is InChI=1S/C19H29N5O2S/c1-5-24-15(3)19(14(2)21-24)27(25,26)22-18-9-7-6-8-17(18)20-16-10-12-23(4)13-11-16/h6-9,16,20,22H,5,10-13H2,1-4H3. The molecule has 0 saturated carbocycles. The highest BCUT2D eigenvalue weighted by molar-refractivity contribution is 7.92. The van der Waals surface area contributed by atoms with Gasteiger partial charge >= 0.3 is 0 Å². The van der Waals surface area contributed by atoms with E-state index in [9.17, 15) is 8.42 Å². The Bertz CT molecular complexity index is 899. The van der Waals surface area contributed by atoms with Gasteiger partial charge < -0.3 is 10.2 Å². The van der Waals surface area contributed by atoms with Gasteiger partial charge in [0.15, 0.2) is 0 Å². The third kappa shape index (κ3) is 4.27. The summed E-state index contributed by atoms with van der Waals surface area (Å²) in [7, 11) is -1.59. The van der Waals surface area contributed by atoms with E-state index in [0.29, 0.717) is 29.7 Å². The summed E-state index contributed by atoms with van der Waals surface area (Å²) in [4.78, 5) is 2.57. The number of nitrogens with zero attached hydrogens (tertiary/aromatic N) is 3. The van der Waals surface area contributed by atoms with Crippen LogP contribution in [-0.4, -0.2) is 49.3 Å². The smallest absolute Gasteiger partial charge is 0.265 e. The van der Waals surface area contributed by atoms with Crippen molar-refractivity contribution in [3.05, 3.63) is 35.7 Å². The molecular weight excluding hydrogens is 362 g/mol. The van der Waals surface area contributed by atoms with Crippen LogP contribution in [0.4, 0.5) is 11.4 Å². The van der Waals surface area contributed by atoms with Crippen LogP contribution in [0.1, 0.15) is 31.2 Å². The van der Waals surface area contributed by atoms with Crippen LogP contribution >= 0.6 is 0 Å². The van der Waals surface area contributed by atoms with E-state index in [-0.39, 0.29) is 4.90 Å². The molecule has 1 saturated heterocycles. The fraction of sp³-hybridized carbons (Fsp3) is 0.526. The number of aryl methyl sites for hydroxylation is 2. The van der Waals surface area contributed by atoms with E-state index in [0.717, 1.165) is 31.6 Å². The van der Waals surface area contributed by atoms with Crippen LogP contribution in [0.15, 0.2) is 29.2 Å². The Morgan fingerprint density at radius 1 is 1.15 bits per heavy atom. The number of benzene rings is 1. The molecule has 1 fully saturated rings. The Kier molecular flexibility index (Phi) is 5.76. The number of hydrogen-bond donors (Lipinski definition) is 2. The second kappa shape index (κ2) is 7.90. The van der Waals surface area contributed by atoms with E-state index in [4.69, 9.17) is 0 Å². The normalized spacial score (nSPS) is 16.4. The molecule has 2 heterocycles. The lowest BCUT2D eigenvalue weighted by molar-refractivity contribution is 0.264. The third-order valence-electron chi connectivity index (χ3n) is 5.13. The molecule has 0 amide bonds. The predicted octanol–water partition coefficient (Wildman–Crippen LogP) is 2.83. The molecule has 148 valence electrons. The molecule has 7 nitrogen and oxygen atoms in total. The monoisotopic (exact) mass is 391 g/mol. The van der Waals surface area contributed by atoms with E-state index in [1.54, 1.807) is 24.6 Å². The Morgan fingerprint density at radius 2 is 1.78 bits per heavy atom. The van der Waals surface area contributed by atoms with Gasteiger partial charge in [-0.25, -0.2) is 8.42 Å². The van der Waals surface area contributed by atoms with Crippen molar-refractivity contribution in [1.29, 1.82) is 0 Å². The summed E-state index contributed by atoms with van der Waals surface area (Å²) < 4.78 is 30.6. The van der Waals surface area contributed by atoms with Gasteiger partial charge in [0.25, 0.3) is 10.0 Å². The van der Waals surface area contributed by atoms with Gasteiger partial charge in [0.1, 0.15) is 4.90 Å². The molecule has 0 spiro atoms. The molecule has 0 radical (unpaired) electrons. The minimum Gasteiger partial charge on any atom is -0.381 e. The summed E-state index contributed by atoms with van der Waals surface area (Å²) in [5.74, 6) is 0. The number of sulfonamides is 1. The van der Waals surface area contributed by atoms with Crippen molar-refractivity contribution in [1.82, 2.24) is 14.7 Å². The summed E-state index contributed by atoms with van der Waals surface area (Å²) in [6.45, 7) is 8.19. The number of piperidine rings is 1. The van der Waals surface area contributed by atoms with Crippen LogP contribution in [-0.2, 0) is 16.6 Å². The van der Waals surface area contributed by atoms with Crippen molar-refractivity contribution in [2.24, 2.45) is 0 Å². The molecule has 3 rings (SSSR count). The molecule has 8 heteroatoms. The van der Waals surface area contributed by atoms with E-state index in [1.807, 2.05) is 25.1 Å². The first-order chi connectivity index (χ1) is 12.8. The lowest BCUT2D eigenvalue weighted by Gasteiger charge is -2.30. The molecule has 2 N–H and O–H groups in total. The zero-order chi connectivity index (χ0) is 19.6. The molecule has 1 aromatic heterocycles. The maximum absolute atomic E-state index is 13.1. The van der Waals surface area contributed by atoms with Gasteiger partial charge in [0, 0.05) is 12.6 Å². The van der Waals surface area contributed by atoms with Crippen molar-refractivity contribution in [3.63, 3.8) is 0 Å². The average molecular weight is 392 g/mol. The van der Waals surface area contributed by atoms with Crippen LogP contribution < -0.4 is 10.0 Å². The highest BCUT2D eigenvalue weighted by Gasteiger charge is 2.25. The zero-order valence-electron chi connectivity index (χ0n) is 16.5. The fourth-order valence-electron chi connectivity index (χ4n) is 3.64. The second-order valence-electron chi connectivity index (χ2n) is 7.19. The first-order valence-electron chi connectivity index (χ1n) is 9.42. The number of aromatic nitrogens is 2. The first-order valence-corrected chi connectivity index (χ1v) is 10.9. The molecule has 2 aromatic rings. The Hall–Kier alpha value is -2.06. The van der Waals surface area contributed by atoms with Gasteiger partial charge in [-0.05, 0) is 65.9 Å². The Morgan fingerprint density at radius 3 is 2.37 bits per heavy atom. The molecule has 1 aliphatic rings. The topological polar surface area (TPSA) is 79.3 Å². The summed E-state index contributed by atoms with van der Waals surface area (Å²) in [5, 5.41) is 7.85. The summed E-state index contributed by atoms with van der Waals surface area (Å²) in [6.07, 6.45) is 2.08. The van der Waals surface area contributed by atoms with Crippen molar-refractivity contribution >= 4 is 21.4 Å². The van der Waals surface area contributed by atoms with E-state index < -0.39 is 10.0 Å². The summed E-state index contributed by atoms with van der Waals surface area (Å²) in [6, 6.07) is 7.82. The molecule has 1 aromatic carbocycles. The van der Waals surface area contributed by atoms with Crippen molar-refractivity contribution in [3.8, 4) is 0 Å². The highest BCUT2D eigenvalue weighted by Crippen LogP contribution is 2.28. The van der Waals surface area contributed by atoms with Gasteiger partial charge in [-0.3, -0.25) is 9.40 Å². The van der Waals surface area contributed by atoms with E-state index in [1.165, 1.54) is 0 Å². The van der Waals surface area contributed by atoms with Crippen LogP contribution in [0.5, 0.6) is 0 Å². The van der Waals surface area contributed by atoms with Gasteiger partial charge in [-0.2, -0.15) is 5.10 Å². The molecule has 0 unspecified atom stereocenters. The number of nitrogens with one attached hydrogen (secondary N) is 2. The van der Waals surface area contributed by atoms with Crippen molar-refractivity contribution in [2.75, 3.05) is 30.2 Å². The van der Waals surface area contributed by atoms with Crippen LogP contribution in [0.2, 0.25) is 0 Å². The minimum absolute atomic E-state index is 0.262. The molecule has 0 aliphatic carbocycles. The van der Waals surface area contributed by atoms with Crippen LogP contribution in [0.3, 0.4) is 0 Å². The maximum atomic E-state index is 13.1. The lowest BCUT2D eigenvalue weighted by atomic mass is 10.1. The fourth-order valence-corrected chi connectivity index (χ4v) is 5.14. The van der Waals surface area contributed by atoms with Gasteiger partial charge in [0.2, 0.25) is 0 Å². The van der Waals surface area contributed by atoms with Crippen LogP contribution in [0, 0.1) is 13.8 Å². The highest BCUT2D eigenvalue weighted by atomic mass is 32.2. The number of anilines is 2. The summed E-state index contributed by atoms with van der Waals surface area (Å²) in [5.41, 5.74) is 2.55. The van der Waals surface area contributed by atoms with Gasteiger partial charge in [-0.1, -0.05) is 12.1 Å². The van der Waals surface area contributed by atoms with E-state index in [2.05, 4.69) is 27.1 Å². The Balaban J connectivity index is 1.84. The number of likely N-dealkylation sites (tertiary alicyclic amines) is 1. The maximum Gasteiger partial charge on any atom is 0.265 e. The number of hydrogen-bond acceptors (Lipinski definition) is 5. The number of para-hydroxylation sites is 2. The molecule has 27 heavy (non-hydrogen) atoms. The van der Waals surface area contributed by atoms with E-state index >= 15 is 0 Å². The molecule has 0 bridgehead atoms. The molecular formula is C19H29N5O2S. The van der Waals surface area contributed by atoms with Crippen molar-refractivity contribution in [2.45, 2.75) is 51.1 Å². The van der Waals surface area contributed by atoms with Gasteiger partial charge in [0.05, 0.1) is 22.8 Å². The lowest BCUT2D eigenvalue weighted by Crippen LogP contribution is -2.36. The van der Waals surface area contributed by atoms with Crippen molar-refractivity contribution < 1.29 is 8.42 Å². The second-order valence-corrected chi connectivity index (χ2v) is 8.81. The largest absolute Gasteiger partial charge is 0.381 e. The first kappa shape index (κ1) is 19.7. The Labute approximate surface area is 161 Å². The minimum atomic E-state index is -3.72. The third-order valence-corrected chi connectivity index (χ3v) is 6.75. The average Bonchev–Trinajstić information content (AvgIpc) is 2.92. The van der Waals surface area contributed by atoms with Crippen LogP contribution in [0.25, 0.3) is 0 Å². The molecule has 1 aliphatic heterocycles. The zero-order valence-corrected chi connectivity index (χ0v) is 17.3. The summed E-state index contributed by atoms with van der Waals surface area (Å²) >= 11 is 0.